The molecule has 8 nitrogen and oxygen atoms in total. The van der Waals surface area contributed by atoms with Gasteiger partial charge in [0.15, 0.2) is 0 Å². The molecule has 4 rings (SSSR count). The lowest BCUT2D eigenvalue weighted by Crippen LogP contribution is -2.40. The molecule has 0 aliphatic carbocycles. The zero-order chi connectivity index (χ0) is 18.1. The maximum absolute atomic E-state index is 12.8. The number of anilines is 2. The Hall–Kier alpha value is -2.87. The average Bonchev–Trinajstić information content (AvgIpc) is 2.67. The maximum atomic E-state index is 12.8. The number of hydrogen-bond donors (Lipinski definition) is 2. The molecule has 3 heterocycles. The first-order chi connectivity index (χ1) is 12.7. The van der Waals surface area contributed by atoms with Gasteiger partial charge in [0.2, 0.25) is 11.9 Å². The van der Waals surface area contributed by atoms with E-state index in [-0.39, 0.29) is 23.8 Å². The van der Waals surface area contributed by atoms with E-state index in [4.69, 9.17) is 9.47 Å². The van der Waals surface area contributed by atoms with Gasteiger partial charge in [0.1, 0.15) is 11.6 Å². The van der Waals surface area contributed by atoms with Crippen LogP contribution in [0.5, 0.6) is 5.75 Å². The molecule has 1 amide bonds. The Labute approximate surface area is 150 Å². The van der Waals surface area contributed by atoms with Crippen LogP contribution < -0.4 is 20.5 Å². The number of ether oxygens (including phenoxy) is 2. The Kier molecular flexibility index (Phi) is 4.34. The Morgan fingerprint density at radius 1 is 1.27 bits per heavy atom. The summed E-state index contributed by atoms with van der Waals surface area (Å²) in [6.45, 7) is 2.46. The van der Waals surface area contributed by atoms with Crippen LogP contribution in [-0.2, 0) is 9.53 Å². The second kappa shape index (κ2) is 6.80. The van der Waals surface area contributed by atoms with Gasteiger partial charge in [0.25, 0.3) is 5.56 Å². The molecule has 1 saturated heterocycles. The minimum absolute atomic E-state index is 0.156. The molecular formula is C18H20N4O4. The van der Waals surface area contributed by atoms with Crippen LogP contribution in [0.4, 0.5) is 11.8 Å². The fraction of sp³-hybridized carbons (Fsp3) is 0.389. The van der Waals surface area contributed by atoms with Gasteiger partial charge in [0, 0.05) is 25.4 Å². The molecule has 2 aliphatic heterocycles. The van der Waals surface area contributed by atoms with Crippen molar-refractivity contribution in [3.8, 4) is 5.75 Å². The van der Waals surface area contributed by atoms with Crippen LogP contribution in [0.15, 0.2) is 29.1 Å². The number of methoxy groups -OCH3 is 1. The van der Waals surface area contributed by atoms with E-state index in [0.717, 1.165) is 5.56 Å². The molecule has 1 aromatic heterocycles. The van der Waals surface area contributed by atoms with Gasteiger partial charge in [0.05, 0.1) is 25.9 Å². The topological polar surface area (TPSA) is 96.5 Å². The van der Waals surface area contributed by atoms with E-state index in [2.05, 4.69) is 15.3 Å². The highest BCUT2D eigenvalue weighted by Crippen LogP contribution is 2.35. The molecule has 1 fully saturated rings. The number of hydrogen-bond acceptors (Lipinski definition) is 6. The summed E-state index contributed by atoms with van der Waals surface area (Å²) in [4.78, 5) is 34.4. The molecule has 2 aromatic rings. The van der Waals surface area contributed by atoms with Gasteiger partial charge in [-0.05, 0) is 17.7 Å². The first kappa shape index (κ1) is 16.6. The van der Waals surface area contributed by atoms with Crippen molar-refractivity contribution in [1.82, 2.24) is 9.97 Å². The fourth-order valence-corrected chi connectivity index (χ4v) is 3.43. The monoisotopic (exact) mass is 356 g/mol. The third-order valence-electron chi connectivity index (χ3n) is 4.75. The minimum Gasteiger partial charge on any atom is -0.497 e. The van der Waals surface area contributed by atoms with Crippen molar-refractivity contribution in [3.05, 3.63) is 45.7 Å². The molecule has 8 heteroatoms. The molecule has 26 heavy (non-hydrogen) atoms. The highest BCUT2D eigenvalue weighted by molar-refractivity contribution is 5.94. The lowest BCUT2D eigenvalue weighted by Gasteiger charge is -2.29. The van der Waals surface area contributed by atoms with E-state index < -0.39 is 0 Å². The zero-order valence-electron chi connectivity index (χ0n) is 14.4. The number of carbonyl (C=O) groups excluding carboxylic acids is 1. The number of nitrogens with zero attached hydrogens (tertiary/aromatic N) is 2. The van der Waals surface area contributed by atoms with Crippen molar-refractivity contribution in [2.24, 2.45) is 0 Å². The highest BCUT2D eigenvalue weighted by Gasteiger charge is 2.31. The van der Waals surface area contributed by atoms with Gasteiger partial charge in [-0.1, -0.05) is 12.1 Å². The highest BCUT2D eigenvalue weighted by atomic mass is 16.5. The van der Waals surface area contributed by atoms with Gasteiger partial charge in [-0.2, -0.15) is 4.98 Å². The number of aromatic nitrogens is 2. The number of H-pyrrole nitrogens is 1. The molecular weight excluding hydrogens is 336 g/mol. The molecule has 1 aromatic carbocycles. The Morgan fingerprint density at radius 2 is 2.08 bits per heavy atom. The van der Waals surface area contributed by atoms with Crippen molar-refractivity contribution in [2.75, 3.05) is 43.6 Å². The Bertz CT molecular complexity index is 889. The summed E-state index contributed by atoms with van der Waals surface area (Å²) in [5.41, 5.74) is 1.10. The average molecular weight is 356 g/mol. The lowest BCUT2D eigenvalue weighted by molar-refractivity contribution is -0.116. The summed E-state index contributed by atoms with van der Waals surface area (Å²) in [5, 5.41) is 2.75. The maximum Gasteiger partial charge on any atom is 0.258 e. The van der Waals surface area contributed by atoms with Crippen LogP contribution in [0.25, 0.3) is 0 Å². The fourth-order valence-electron chi connectivity index (χ4n) is 3.43. The molecule has 0 bridgehead atoms. The Balaban J connectivity index is 1.77. The molecule has 136 valence electrons. The summed E-state index contributed by atoms with van der Waals surface area (Å²) in [6, 6.07) is 7.43. The first-order valence-corrected chi connectivity index (χ1v) is 8.56. The number of benzene rings is 1. The SMILES string of the molecule is COc1cccc(C2CC(=O)Nc3nc(N4CCOCC4)[nH]c(=O)c32)c1. The van der Waals surface area contributed by atoms with Crippen LogP contribution in [0.3, 0.4) is 0 Å². The summed E-state index contributed by atoms with van der Waals surface area (Å²) in [7, 11) is 1.59. The van der Waals surface area contributed by atoms with Crippen LogP contribution >= 0.6 is 0 Å². The van der Waals surface area contributed by atoms with E-state index in [1.54, 1.807) is 7.11 Å². The molecule has 0 spiro atoms. The second-order valence-corrected chi connectivity index (χ2v) is 6.33. The van der Waals surface area contributed by atoms with E-state index in [1.807, 2.05) is 29.2 Å². The summed E-state index contributed by atoms with van der Waals surface area (Å²) in [5.74, 6) is 0.965. The van der Waals surface area contributed by atoms with E-state index in [9.17, 15) is 9.59 Å². The van der Waals surface area contributed by atoms with Crippen molar-refractivity contribution < 1.29 is 14.3 Å². The standard InChI is InChI=1S/C18H20N4O4/c1-25-12-4-2-3-11(9-12)13-10-14(23)19-16-15(13)17(24)21-18(20-16)22-5-7-26-8-6-22/h2-4,9,13H,5-8,10H2,1H3,(H2,19,20,21,23,24). The van der Waals surface area contributed by atoms with Gasteiger partial charge < -0.3 is 19.7 Å². The minimum atomic E-state index is -0.358. The number of rotatable bonds is 3. The predicted octanol–water partition coefficient (Wildman–Crippen LogP) is 1.09. The largest absolute Gasteiger partial charge is 0.497 e. The number of morpholine rings is 1. The summed E-state index contributed by atoms with van der Waals surface area (Å²) >= 11 is 0. The van der Waals surface area contributed by atoms with Gasteiger partial charge in [-0.15, -0.1) is 0 Å². The zero-order valence-corrected chi connectivity index (χ0v) is 14.4. The second-order valence-electron chi connectivity index (χ2n) is 6.33. The van der Waals surface area contributed by atoms with Gasteiger partial charge in [-0.25, -0.2) is 0 Å². The number of carbonyl (C=O) groups is 1. The third kappa shape index (κ3) is 3.03. The van der Waals surface area contributed by atoms with Gasteiger partial charge >= 0.3 is 0 Å². The van der Waals surface area contributed by atoms with Crippen molar-refractivity contribution in [2.45, 2.75) is 12.3 Å². The molecule has 1 atom stereocenters. The van der Waals surface area contributed by atoms with Crippen molar-refractivity contribution in [1.29, 1.82) is 0 Å². The van der Waals surface area contributed by atoms with Gasteiger partial charge in [-0.3, -0.25) is 14.6 Å². The smallest absolute Gasteiger partial charge is 0.258 e. The summed E-state index contributed by atoms with van der Waals surface area (Å²) < 4.78 is 10.6. The van der Waals surface area contributed by atoms with Crippen LogP contribution in [0.1, 0.15) is 23.5 Å². The van der Waals surface area contributed by atoms with Crippen LogP contribution in [0, 0.1) is 0 Å². The predicted molar refractivity (Wildman–Crippen MR) is 96.0 cm³/mol. The Morgan fingerprint density at radius 3 is 2.85 bits per heavy atom. The normalized spacial score (nSPS) is 19.7. The molecule has 2 aliphatic rings. The number of nitrogens with one attached hydrogen (secondary N) is 2. The molecule has 0 saturated carbocycles. The van der Waals surface area contributed by atoms with Crippen molar-refractivity contribution >= 4 is 17.7 Å². The van der Waals surface area contributed by atoms with Crippen LogP contribution in [0.2, 0.25) is 0 Å². The molecule has 2 N–H and O–H groups in total. The van der Waals surface area contributed by atoms with E-state index in [0.29, 0.717) is 49.4 Å². The van der Waals surface area contributed by atoms with E-state index in [1.165, 1.54) is 0 Å². The number of amides is 1. The summed E-state index contributed by atoms with van der Waals surface area (Å²) in [6.07, 6.45) is 0.196. The lowest BCUT2D eigenvalue weighted by atomic mass is 9.87. The first-order valence-electron chi connectivity index (χ1n) is 8.56. The third-order valence-corrected chi connectivity index (χ3v) is 4.75. The molecule has 0 radical (unpaired) electrons. The van der Waals surface area contributed by atoms with E-state index >= 15 is 0 Å². The quantitative estimate of drug-likeness (QED) is 0.855. The van der Waals surface area contributed by atoms with Crippen LogP contribution in [-0.4, -0.2) is 49.3 Å². The number of fused-ring (bicyclic) bond motifs is 1. The molecule has 1 unspecified atom stereocenters. The number of aromatic amines is 1. The van der Waals surface area contributed by atoms with Crippen molar-refractivity contribution in [3.63, 3.8) is 0 Å².